The van der Waals surface area contributed by atoms with Gasteiger partial charge in [-0.3, -0.25) is 9.79 Å². The molecular formula is C35H61KN2O5. The third kappa shape index (κ3) is 18.2. The molecule has 2 rings (SSSR count). The Bertz CT molecular complexity index is 990. The molecule has 0 saturated heterocycles. The molecule has 1 unspecified atom stereocenters. The Hall–Kier alpha value is -0.584. The van der Waals surface area contributed by atoms with Crippen molar-refractivity contribution in [3.63, 3.8) is 0 Å². The standard InChI is InChI=1S/C29H47N2O2.C6H12O2.K.H2O/c1-9-10-16-27(23-14-12-11-13-15-23)30-20-22(4)25-18-17-24(33-21(2)3)19-26(25)29(8,32)31-28(5,6)7;1-4-6(7)8-5(2)3;;/h17-21,23,31H,9-16H2,1-8H3;5H,4H2,1-3H3;;1H2/q-1;;+1;/b22-20+,30-27?;;;. The zero-order chi connectivity index (χ0) is 31.2. The molecule has 0 spiro atoms. The van der Waals surface area contributed by atoms with Crippen molar-refractivity contribution in [2.45, 2.75) is 157 Å². The average Bonchev–Trinajstić information content (AvgIpc) is 2.87. The summed E-state index contributed by atoms with van der Waals surface area (Å²) in [7, 11) is 0. The molecule has 0 aliphatic heterocycles. The van der Waals surface area contributed by atoms with Crippen LogP contribution in [0, 0.1) is 5.92 Å². The van der Waals surface area contributed by atoms with Crippen LogP contribution in [0.1, 0.15) is 145 Å². The second-order valence-corrected chi connectivity index (χ2v) is 13.0. The molecule has 1 aromatic rings. The molecule has 1 fully saturated rings. The molecule has 43 heavy (non-hydrogen) atoms. The first kappa shape index (κ1) is 44.5. The maximum atomic E-state index is 13.8. The zero-order valence-corrected chi connectivity index (χ0v) is 32.6. The fourth-order valence-corrected chi connectivity index (χ4v) is 5.15. The van der Waals surface area contributed by atoms with Crippen LogP contribution in [-0.4, -0.2) is 34.9 Å². The van der Waals surface area contributed by atoms with E-state index in [-0.39, 0.29) is 80.6 Å². The predicted octanol–water partition coefficient (Wildman–Crippen LogP) is 4.49. The largest absolute Gasteiger partial charge is 1.00 e. The molecule has 8 heteroatoms. The van der Waals surface area contributed by atoms with E-state index < -0.39 is 5.72 Å². The van der Waals surface area contributed by atoms with E-state index in [0.29, 0.717) is 17.9 Å². The topological polar surface area (TPSA) is 114 Å². The Labute approximate surface area is 305 Å². The van der Waals surface area contributed by atoms with Gasteiger partial charge in [0, 0.05) is 23.9 Å². The van der Waals surface area contributed by atoms with E-state index in [1.807, 2.05) is 72.9 Å². The van der Waals surface area contributed by atoms with Crippen LogP contribution < -0.4 is 66.5 Å². The van der Waals surface area contributed by atoms with Crippen LogP contribution >= 0.6 is 0 Å². The fraction of sp³-hybridized carbons (Fsp3) is 0.714. The fourth-order valence-electron chi connectivity index (χ4n) is 5.15. The summed E-state index contributed by atoms with van der Waals surface area (Å²) < 4.78 is 10.7. The number of rotatable bonds is 12. The molecule has 7 nitrogen and oxygen atoms in total. The van der Waals surface area contributed by atoms with Crippen LogP contribution in [-0.2, 0) is 15.3 Å². The number of unbranched alkanes of at least 4 members (excludes halogenated alkanes) is 1. The molecule has 1 aromatic carbocycles. The van der Waals surface area contributed by atoms with Crippen LogP contribution in [0.25, 0.3) is 5.57 Å². The van der Waals surface area contributed by atoms with E-state index in [9.17, 15) is 9.90 Å². The molecule has 242 valence electrons. The summed E-state index contributed by atoms with van der Waals surface area (Å²) in [6, 6.07) is 5.88. The normalized spacial score (nSPS) is 16.0. The monoisotopic (exact) mass is 628 g/mol. The molecule has 1 aliphatic rings. The van der Waals surface area contributed by atoms with Gasteiger partial charge in [-0.05, 0) is 122 Å². The minimum atomic E-state index is -1.46. The third-order valence-corrected chi connectivity index (χ3v) is 6.86. The number of ether oxygens (including phenoxy) is 2. The SMILES string of the molecule is CCC(=O)OC(C)C.CCCCC(=N/C=C(\C)c1ccc(OC(C)C)cc1C(C)([O-])NC(C)(C)C)C1CCCCC1.O.[K+]. The quantitative estimate of drug-likeness (QED) is 0.159. The van der Waals surface area contributed by atoms with Crippen molar-refractivity contribution in [3.8, 4) is 5.75 Å². The molecule has 0 radical (unpaired) electrons. The number of hydrogen-bond acceptors (Lipinski definition) is 6. The van der Waals surface area contributed by atoms with Gasteiger partial charge >= 0.3 is 57.4 Å². The number of esters is 1. The first-order chi connectivity index (χ1) is 19.1. The van der Waals surface area contributed by atoms with Crippen LogP contribution in [0.15, 0.2) is 29.4 Å². The molecular weight excluding hydrogens is 567 g/mol. The predicted molar refractivity (Wildman–Crippen MR) is 175 cm³/mol. The molecule has 3 N–H and O–H groups in total. The summed E-state index contributed by atoms with van der Waals surface area (Å²) in [5.74, 6) is 1.21. The Morgan fingerprint density at radius 1 is 1.07 bits per heavy atom. The van der Waals surface area contributed by atoms with Gasteiger partial charge in [0.25, 0.3) is 0 Å². The second-order valence-electron chi connectivity index (χ2n) is 13.0. The van der Waals surface area contributed by atoms with Crippen molar-refractivity contribution in [2.24, 2.45) is 10.9 Å². The van der Waals surface area contributed by atoms with Gasteiger partial charge in [0.15, 0.2) is 0 Å². The number of aliphatic imine (C=N–C) groups is 1. The van der Waals surface area contributed by atoms with Crippen molar-refractivity contribution >= 4 is 17.3 Å². The van der Waals surface area contributed by atoms with Crippen LogP contribution in [0.4, 0.5) is 0 Å². The summed E-state index contributed by atoms with van der Waals surface area (Å²) in [6.45, 7) is 21.5. The molecule has 1 saturated carbocycles. The van der Waals surface area contributed by atoms with Crippen molar-refractivity contribution < 1.29 is 76.2 Å². The summed E-state index contributed by atoms with van der Waals surface area (Å²) in [6.07, 6.45) is 12.5. The number of nitrogens with zero attached hydrogens (tertiary/aromatic N) is 1. The molecule has 1 aliphatic carbocycles. The first-order valence-corrected chi connectivity index (χ1v) is 15.8. The van der Waals surface area contributed by atoms with E-state index in [2.05, 4.69) is 19.2 Å². The maximum Gasteiger partial charge on any atom is 1.00 e. The van der Waals surface area contributed by atoms with Crippen LogP contribution in [0.2, 0.25) is 0 Å². The van der Waals surface area contributed by atoms with Gasteiger partial charge < -0.3 is 25.4 Å². The molecule has 0 amide bonds. The average molecular weight is 629 g/mol. The van der Waals surface area contributed by atoms with Crippen LogP contribution in [0.5, 0.6) is 5.75 Å². The summed E-state index contributed by atoms with van der Waals surface area (Å²) in [5.41, 5.74) is 2.22. The van der Waals surface area contributed by atoms with Crippen molar-refractivity contribution in [3.05, 3.63) is 35.5 Å². The maximum absolute atomic E-state index is 13.8. The number of allylic oxidation sites excluding steroid dienone is 1. The van der Waals surface area contributed by atoms with Crippen molar-refractivity contribution in [1.82, 2.24) is 5.32 Å². The first-order valence-electron chi connectivity index (χ1n) is 15.8. The number of nitrogens with one attached hydrogen (secondary N) is 1. The Morgan fingerprint density at radius 3 is 2.14 bits per heavy atom. The number of carbonyl (C=O) groups is 1. The number of benzene rings is 1. The number of hydrogen-bond donors (Lipinski definition) is 1. The van der Waals surface area contributed by atoms with Gasteiger partial charge in [-0.1, -0.05) is 52.5 Å². The van der Waals surface area contributed by atoms with Gasteiger partial charge in [0.1, 0.15) is 5.75 Å². The van der Waals surface area contributed by atoms with Gasteiger partial charge in [0.2, 0.25) is 0 Å². The minimum absolute atomic E-state index is 0. The van der Waals surface area contributed by atoms with Gasteiger partial charge in [0.05, 0.1) is 12.2 Å². The molecule has 0 bridgehead atoms. The van der Waals surface area contributed by atoms with E-state index in [1.165, 1.54) is 50.7 Å². The van der Waals surface area contributed by atoms with E-state index in [0.717, 1.165) is 23.3 Å². The van der Waals surface area contributed by atoms with Crippen molar-refractivity contribution in [1.29, 1.82) is 0 Å². The molecule has 1 atom stereocenters. The van der Waals surface area contributed by atoms with Gasteiger partial charge in [-0.25, -0.2) is 0 Å². The van der Waals surface area contributed by atoms with E-state index in [4.69, 9.17) is 14.5 Å². The summed E-state index contributed by atoms with van der Waals surface area (Å²) in [4.78, 5) is 15.4. The smallest absolute Gasteiger partial charge is 0.835 e. The third-order valence-electron chi connectivity index (χ3n) is 6.86. The number of carbonyl (C=O) groups excluding carboxylic acids is 1. The van der Waals surface area contributed by atoms with Crippen molar-refractivity contribution in [2.75, 3.05) is 0 Å². The molecule has 0 aromatic heterocycles. The van der Waals surface area contributed by atoms with Gasteiger partial charge in [-0.15, -0.1) is 0 Å². The Balaban J connectivity index is 0. The van der Waals surface area contributed by atoms with E-state index in [1.54, 1.807) is 13.8 Å². The summed E-state index contributed by atoms with van der Waals surface area (Å²) >= 11 is 0. The second kappa shape index (κ2) is 22.0. The zero-order valence-electron chi connectivity index (χ0n) is 29.5. The minimum Gasteiger partial charge on any atom is -0.835 e. The Kier molecular flexibility index (Phi) is 22.8. The van der Waals surface area contributed by atoms with E-state index >= 15 is 0 Å². The summed E-state index contributed by atoms with van der Waals surface area (Å²) in [5, 5.41) is 17.0. The molecule has 0 heterocycles. The Morgan fingerprint density at radius 2 is 1.67 bits per heavy atom. The van der Waals surface area contributed by atoms with Crippen LogP contribution in [0.3, 0.4) is 0 Å². The van der Waals surface area contributed by atoms with Gasteiger partial charge in [-0.2, -0.15) is 0 Å².